The zero-order valence-electron chi connectivity index (χ0n) is 13.0. The molecule has 0 saturated carbocycles. The maximum absolute atomic E-state index is 10.2. The third kappa shape index (κ3) is 4.75. The van der Waals surface area contributed by atoms with E-state index in [-0.39, 0.29) is 0 Å². The molecule has 0 radical (unpaired) electrons. The lowest BCUT2D eigenvalue weighted by Gasteiger charge is -2.14. The Balaban J connectivity index is 1.92. The van der Waals surface area contributed by atoms with Crippen molar-refractivity contribution in [2.75, 3.05) is 20.8 Å². The molecular formula is C17H19Cl2NO3. The molecule has 2 N–H and O–H groups in total. The van der Waals surface area contributed by atoms with Gasteiger partial charge in [0.1, 0.15) is 0 Å². The summed E-state index contributed by atoms with van der Waals surface area (Å²) in [5.41, 5.74) is 1.75. The van der Waals surface area contributed by atoms with Crippen molar-refractivity contribution in [3.63, 3.8) is 0 Å². The Kier molecular flexibility index (Phi) is 6.54. The van der Waals surface area contributed by atoms with Crippen molar-refractivity contribution in [2.45, 2.75) is 12.6 Å². The molecule has 0 aliphatic carbocycles. The fourth-order valence-electron chi connectivity index (χ4n) is 2.18. The Bertz CT molecular complexity index is 664. The lowest BCUT2D eigenvalue weighted by molar-refractivity contribution is 0.174. The Hall–Kier alpha value is -1.46. The van der Waals surface area contributed by atoms with Crippen LogP contribution >= 0.6 is 23.2 Å². The average molecular weight is 356 g/mol. The summed E-state index contributed by atoms with van der Waals surface area (Å²) in [6.45, 7) is 0.991. The number of aliphatic hydroxyl groups excluding tert-OH is 1. The number of nitrogens with one attached hydrogen (secondary N) is 1. The maximum atomic E-state index is 10.2. The molecule has 4 nitrogen and oxygen atoms in total. The van der Waals surface area contributed by atoms with Crippen LogP contribution in [0.3, 0.4) is 0 Å². The van der Waals surface area contributed by atoms with E-state index in [1.54, 1.807) is 32.4 Å². The summed E-state index contributed by atoms with van der Waals surface area (Å²) in [5.74, 6) is 1.36. The summed E-state index contributed by atoms with van der Waals surface area (Å²) < 4.78 is 10.5. The first kappa shape index (κ1) is 17.9. The summed E-state index contributed by atoms with van der Waals surface area (Å²) in [6.07, 6.45) is -0.662. The van der Waals surface area contributed by atoms with Gasteiger partial charge in [-0.3, -0.25) is 0 Å². The monoisotopic (exact) mass is 355 g/mol. The normalized spacial score (nSPS) is 12.0. The van der Waals surface area contributed by atoms with Gasteiger partial charge < -0.3 is 19.9 Å². The van der Waals surface area contributed by atoms with Crippen molar-refractivity contribution >= 4 is 23.2 Å². The van der Waals surface area contributed by atoms with Crippen LogP contribution in [0.4, 0.5) is 0 Å². The lowest BCUT2D eigenvalue weighted by atomic mass is 10.1. The van der Waals surface area contributed by atoms with Crippen LogP contribution < -0.4 is 14.8 Å². The highest BCUT2D eigenvalue weighted by atomic mass is 35.5. The molecule has 6 heteroatoms. The Labute approximate surface area is 145 Å². The third-order valence-corrected chi connectivity index (χ3v) is 4.18. The molecule has 1 atom stereocenters. The quantitative estimate of drug-likeness (QED) is 0.792. The molecule has 0 aliphatic rings. The fraction of sp³-hybridized carbons (Fsp3) is 0.294. The SMILES string of the molecule is COc1ccc(CNCC(O)c2ccc(Cl)c(Cl)c2)cc1OC. The molecule has 0 saturated heterocycles. The van der Waals surface area contributed by atoms with Gasteiger partial charge in [-0.2, -0.15) is 0 Å². The first-order valence-electron chi connectivity index (χ1n) is 7.09. The number of methoxy groups -OCH3 is 2. The Morgan fingerprint density at radius 3 is 2.39 bits per heavy atom. The molecule has 1 unspecified atom stereocenters. The molecule has 2 aromatic rings. The smallest absolute Gasteiger partial charge is 0.161 e. The van der Waals surface area contributed by atoms with Gasteiger partial charge in [0.2, 0.25) is 0 Å². The second-order valence-electron chi connectivity index (χ2n) is 5.01. The molecule has 0 amide bonds. The van der Waals surface area contributed by atoms with Crippen LogP contribution in [0.5, 0.6) is 11.5 Å². The van der Waals surface area contributed by atoms with E-state index in [1.165, 1.54) is 0 Å². The summed E-state index contributed by atoms with van der Waals surface area (Å²) in [5, 5.41) is 14.3. The van der Waals surface area contributed by atoms with E-state index in [1.807, 2.05) is 18.2 Å². The van der Waals surface area contributed by atoms with Gasteiger partial charge >= 0.3 is 0 Å². The molecule has 0 spiro atoms. The van der Waals surface area contributed by atoms with Crippen molar-refractivity contribution in [1.29, 1.82) is 0 Å². The Morgan fingerprint density at radius 2 is 1.74 bits per heavy atom. The van der Waals surface area contributed by atoms with E-state index < -0.39 is 6.10 Å². The largest absolute Gasteiger partial charge is 0.493 e. The van der Waals surface area contributed by atoms with Crippen molar-refractivity contribution in [1.82, 2.24) is 5.32 Å². The number of rotatable bonds is 7. The molecule has 0 bridgehead atoms. The van der Waals surface area contributed by atoms with Crippen LogP contribution in [0.2, 0.25) is 10.0 Å². The van der Waals surface area contributed by atoms with Gasteiger partial charge in [-0.25, -0.2) is 0 Å². The van der Waals surface area contributed by atoms with Crippen LogP contribution in [-0.4, -0.2) is 25.9 Å². The minimum Gasteiger partial charge on any atom is -0.493 e. The number of aliphatic hydroxyl groups is 1. The predicted octanol–water partition coefficient (Wildman–Crippen LogP) is 3.83. The van der Waals surface area contributed by atoms with E-state index in [0.717, 1.165) is 11.1 Å². The van der Waals surface area contributed by atoms with Crippen LogP contribution in [0.1, 0.15) is 17.2 Å². The van der Waals surface area contributed by atoms with Gasteiger partial charge in [0, 0.05) is 13.1 Å². The summed E-state index contributed by atoms with van der Waals surface area (Å²) in [4.78, 5) is 0. The topological polar surface area (TPSA) is 50.7 Å². The van der Waals surface area contributed by atoms with E-state index in [9.17, 15) is 5.11 Å². The second kappa shape index (κ2) is 8.41. The molecular weight excluding hydrogens is 337 g/mol. The van der Waals surface area contributed by atoms with Crippen molar-refractivity contribution < 1.29 is 14.6 Å². The molecule has 0 heterocycles. The van der Waals surface area contributed by atoms with E-state index in [2.05, 4.69) is 5.32 Å². The van der Waals surface area contributed by atoms with Crippen LogP contribution in [0.25, 0.3) is 0 Å². The highest BCUT2D eigenvalue weighted by molar-refractivity contribution is 6.42. The number of hydrogen-bond donors (Lipinski definition) is 2. The summed E-state index contributed by atoms with van der Waals surface area (Å²) in [6, 6.07) is 10.8. The summed E-state index contributed by atoms with van der Waals surface area (Å²) >= 11 is 11.8. The number of halogens is 2. The van der Waals surface area contributed by atoms with Gasteiger partial charge in [0.05, 0.1) is 30.4 Å². The third-order valence-electron chi connectivity index (χ3n) is 3.44. The van der Waals surface area contributed by atoms with Crippen LogP contribution in [-0.2, 0) is 6.54 Å². The van der Waals surface area contributed by atoms with Crippen LogP contribution in [0.15, 0.2) is 36.4 Å². The lowest BCUT2D eigenvalue weighted by Crippen LogP contribution is -2.21. The molecule has 0 aromatic heterocycles. The van der Waals surface area contributed by atoms with Crippen molar-refractivity contribution in [3.8, 4) is 11.5 Å². The summed E-state index contributed by atoms with van der Waals surface area (Å²) in [7, 11) is 3.20. The van der Waals surface area contributed by atoms with Gasteiger partial charge in [-0.15, -0.1) is 0 Å². The minimum atomic E-state index is -0.662. The van der Waals surface area contributed by atoms with E-state index >= 15 is 0 Å². The van der Waals surface area contributed by atoms with Crippen molar-refractivity contribution in [3.05, 3.63) is 57.6 Å². The first-order valence-corrected chi connectivity index (χ1v) is 7.85. The van der Waals surface area contributed by atoms with E-state index in [0.29, 0.717) is 34.6 Å². The highest BCUT2D eigenvalue weighted by Crippen LogP contribution is 2.28. The fourth-order valence-corrected chi connectivity index (χ4v) is 2.49. The molecule has 0 fully saturated rings. The van der Waals surface area contributed by atoms with E-state index in [4.69, 9.17) is 32.7 Å². The number of hydrogen-bond acceptors (Lipinski definition) is 4. The first-order chi connectivity index (χ1) is 11.0. The standard InChI is InChI=1S/C17H19Cl2NO3/c1-22-16-6-3-11(7-17(16)23-2)9-20-10-15(21)12-4-5-13(18)14(19)8-12/h3-8,15,20-21H,9-10H2,1-2H3. The predicted molar refractivity (Wildman–Crippen MR) is 92.7 cm³/mol. The molecule has 23 heavy (non-hydrogen) atoms. The van der Waals surface area contributed by atoms with Gasteiger partial charge in [0.15, 0.2) is 11.5 Å². The molecule has 2 aromatic carbocycles. The van der Waals surface area contributed by atoms with Gasteiger partial charge in [-0.05, 0) is 35.4 Å². The number of ether oxygens (including phenoxy) is 2. The molecule has 0 aliphatic heterocycles. The zero-order chi connectivity index (χ0) is 16.8. The molecule has 2 rings (SSSR count). The van der Waals surface area contributed by atoms with Gasteiger partial charge in [-0.1, -0.05) is 35.3 Å². The van der Waals surface area contributed by atoms with Crippen molar-refractivity contribution in [2.24, 2.45) is 0 Å². The average Bonchev–Trinajstić information content (AvgIpc) is 2.57. The molecule has 124 valence electrons. The minimum absolute atomic E-state index is 0.395. The highest BCUT2D eigenvalue weighted by Gasteiger charge is 2.10. The van der Waals surface area contributed by atoms with Crippen LogP contribution in [0, 0.1) is 0 Å². The maximum Gasteiger partial charge on any atom is 0.161 e. The second-order valence-corrected chi connectivity index (χ2v) is 5.82. The zero-order valence-corrected chi connectivity index (χ0v) is 14.5. The Morgan fingerprint density at radius 1 is 1.00 bits per heavy atom. The number of benzene rings is 2. The van der Waals surface area contributed by atoms with Gasteiger partial charge in [0.25, 0.3) is 0 Å².